The van der Waals surface area contributed by atoms with Gasteiger partial charge in [-0.1, -0.05) is 12.1 Å². The Balaban J connectivity index is 0.000000273. The minimum absolute atomic E-state index is 0.0169. The van der Waals surface area contributed by atoms with Gasteiger partial charge < -0.3 is 26.2 Å². The molecule has 0 saturated carbocycles. The number of phenolic OH excluding ortho intramolecular Hbond substituents is 4. The monoisotopic (exact) mass is 386 g/mol. The summed E-state index contributed by atoms with van der Waals surface area (Å²) in [5.74, 6) is -0.678. The third kappa shape index (κ3) is 8.03. The van der Waals surface area contributed by atoms with Crippen molar-refractivity contribution in [3.63, 3.8) is 0 Å². The molecule has 8 N–H and O–H groups in total. The number of nitrogens with one attached hydrogen (secondary N) is 1. The number of benzene rings is 2. The number of rotatable bonds is 6. The molecular weight excluding hydrogens is 364 g/mol. The summed E-state index contributed by atoms with van der Waals surface area (Å²) in [6.45, 7) is 0.563. The molecule has 0 aliphatic heterocycles. The molecular formula is C16H22N2O7S. The molecule has 0 fully saturated rings. The zero-order chi connectivity index (χ0) is 19.7. The Morgan fingerprint density at radius 1 is 0.808 bits per heavy atom. The van der Waals surface area contributed by atoms with Crippen LogP contribution in [0.5, 0.6) is 23.0 Å². The molecule has 2 aromatic carbocycles. The van der Waals surface area contributed by atoms with Crippen LogP contribution in [-0.2, 0) is 23.1 Å². The van der Waals surface area contributed by atoms with Crippen LogP contribution in [0.4, 0.5) is 0 Å². The van der Waals surface area contributed by atoms with Crippen molar-refractivity contribution < 1.29 is 33.4 Å². The second kappa shape index (κ2) is 9.82. The van der Waals surface area contributed by atoms with Gasteiger partial charge in [0.05, 0.1) is 0 Å². The molecule has 0 bridgehead atoms. The van der Waals surface area contributed by atoms with Crippen molar-refractivity contribution in [2.24, 2.45) is 5.73 Å². The highest BCUT2D eigenvalue weighted by Gasteiger charge is 2.04. The summed E-state index contributed by atoms with van der Waals surface area (Å²) < 4.78 is 30.8. The van der Waals surface area contributed by atoms with Crippen molar-refractivity contribution in [1.29, 1.82) is 0 Å². The molecule has 0 aromatic heterocycles. The summed E-state index contributed by atoms with van der Waals surface area (Å²) in [6.07, 6.45) is 1.02. The van der Waals surface area contributed by atoms with Gasteiger partial charge in [0.1, 0.15) is 0 Å². The SMILES string of the molecule is NCCc1ccc(O)c(O)c1.O=S(=O)(O)NCCc1ccc(O)c(O)c1. The lowest BCUT2D eigenvalue weighted by molar-refractivity contribution is 0.403. The maximum atomic E-state index is 10.3. The molecule has 2 rings (SSSR count). The quantitative estimate of drug-likeness (QED) is 0.279. The van der Waals surface area contributed by atoms with Crippen LogP contribution in [-0.4, -0.2) is 46.5 Å². The van der Waals surface area contributed by atoms with E-state index in [1.165, 1.54) is 24.3 Å². The predicted molar refractivity (Wildman–Crippen MR) is 95.6 cm³/mol. The van der Waals surface area contributed by atoms with Crippen molar-refractivity contribution in [2.45, 2.75) is 12.8 Å². The fourth-order valence-electron chi connectivity index (χ4n) is 1.94. The molecule has 0 aliphatic carbocycles. The Bertz CT molecular complexity index is 825. The summed E-state index contributed by atoms with van der Waals surface area (Å²) in [7, 11) is -4.17. The van der Waals surface area contributed by atoms with Crippen molar-refractivity contribution >= 4 is 10.3 Å². The first-order chi connectivity index (χ1) is 12.1. The molecule has 2 aromatic rings. The summed E-state index contributed by atoms with van der Waals surface area (Å²) in [5, 5.41) is 36.1. The van der Waals surface area contributed by atoms with E-state index in [1.54, 1.807) is 12.1 Å². The second-order valence-electron chi connectivity index (χ2n) is 5.30. The zero-order valence-electron chi connectivity index (χ0n) is 13.8. The van der Waals surface area contributed by atoms with E-state index in [0.29, 0.717) is 24.9 Å². The highest BCUT2D eigenvalue weighted by molar-refractivity contribution is 7.83. The molecule has 0 atom stereocenters. The van der Waals surface area contributed by atoms with E-state index in [0.717, 1.165) is 5.56 Å². The Morgan fingerprint density at radius 3 is 1.65 bits per heavy atom. The van der Waals surface area contributed by atoms with Crippen LogP contribution in [0.1, 0.15) is 11.1 Å². The first-order valence-electron chi connectivity index (χ1n) is 7.56. The van der Waals surface area contributed by atoms with Gasteiger partial charge in [0.15, 0.2) is 23.0 Å². The maximum Gasteiger partial charge on any atom is 0.333 e. The summed E-state index contributed by atoms with van der Waals surface area (Å²) in [5.41, 5.74) is 6.88. The lowest BCUT2D eigenvalue weighted by Crippen LogP contribution is -2.24. The first kappa shape index (κ1) is 21.5. The highest BCUT2D eigenvalue weighted by Crippen LogP contribution is 2.25. The van der Waals surface area contributed by atoms with E-state index in [4.69, 9.17) is 30.7 Å². The molecule has 0 unspecified atom stereocenters. The fourth-order valence-corrected chi connectivity index (χ4v) is 2.30. The summed E-state index contributed by atoms with van der Waals surface area (Å²) >= 11 is 0. The molecule has 26 heavy (non-hydrogen) atoms. The number of hydrogen-bond acceptors (Lipinski definition) is 7. The van der Waals surface area contributed by atoms with Crippen molar-refractivity contribution in [3.8, 4) is 23.0 Å². The fraction of sp³-hybridized carbons (Fsp3) is 0.250. The Morgan fingerprint density at radius 2 is 1.27 bits per heavy atom. The van der Waals surface area contributed by atoms with Gasteiger partial charge >= 0.3 is 10.3 Å². The van der Waals surface area contributed by atoms with Gasteiger partial charge in [0, 0.05) is 6.54 Å². The Hall–Kier alpha value is -2.53. The minimum Gasteiger partial charge on any atom is -0.504 e. The topological polar surface area (TPSA) is 173 Å². The average Bonchev–Trinajstić information content (AvgIpc) is 2.54. The number of hydrogen-bond donors (Lipinski definition) is 7. The third-order valence-corrected chi connectivity index (χ3v) is 3.78. The van der Waals surface area contributed by atoms with Gasteiger partial charge in [-0.2, -0.15) is 13.1 Å². The highest BCUT2D eigenvalue weighted by atomic mass is 32.2. The van der Waals surface area contributed by atoms with Crippen LogP contribution in [0, 0.1) is 0 Å². The van der Waals surface area contributed by atoms with Crippen LogP contribution in [0.25, 0.3) is 0 Å². The van der Waals surface area contributed by atoms with Gasteiger partial charge in [0.2, 0.25) is 0 Å². The zero-order valence-corrected chi connectivity index (χ0v) is 14.6. The molecule has 0 heterocycles. The first-order valence-corrected chi connectivity index (χ1v) is 9.00. The Kier molecular flexibility index (Phi) is 8.13. The lowest BCUT2D eigenvalue weighted by Gasteiger charge is -2.03. The summed E-state index contributed by atoms with van der Waals surface area (Å²) in [6, 6.07) is 8.88. The standard InChI is InChI=1S/C8H11NO5S.C8H11NO2/c10-7-2-1-6(5-8(7)11)3-4-9-15(12,13)14;9-4-3-6-1-2-7(10)8(11)5-6/h1-2,5,9-11H,3-4H2,(H,12,13,14);1-2,5,10-11H,3-4,9H2. The Labute approximate surface area is 151 Å². The van der Waals surface area contributed by atoms with Gasteiger partial charge in [0.25, 0.3) is 0 Å². The number of phenols is 4. The van der Waals surface area contributed by atoms with Gasteiger partial charge in [-0.15, -0.1) is 0 Å². The normalized spacial score (nSPS) is 10.8. The van der Waals surface area contributed by atoms with Gasteiger partial charge in [-0.3, -0.25) is 4.55 Å². The van der Waals surface area contributed by atoms with Crippen LogP contribution >= 0.6 is 0 Å². The molecule has 144 valence electrons. The van der Waals surface area contributed by atoms with E-state index in [1.807, 2.05) is 4.72 Å². The van der Waals surface area contributed by atoms with E-state index in [9.17, 15) is 8.42 Å². The van der Waals surface area contributed by atoms with Crippen molar-refractivity contribution in [2.75, 3.05) is 13.1 Å². The molecule has 9 nitrogen and oxygen atoms in total. The van der Waals surface area contributed by atoms with Gasteiger partial charge in [-0.25, -0.2) is 0 Å². The molecule has 10 heteroatoms. The molecule has 0 spiro atoms. The van der Waals surface area contributed by atoms with Crippen molar-refractivity contribution in [1.82, 2.24) is 4.72 Å². The lowest BCUT2D eigenvalue weighted by atomic mass is 10.1. The van der Waals surface area contributed by atoms with Crippen LogP contribution in [0.2, 0.25) is 0 Å². The van der Waals surface area contributed by atoms with E-state index in [2.05, 4.69) is 0 Å². The molecule has 0 radical (unpaired) electrons. The van der Waals surface area contributed by atoms with Gasteiger partial charge in [-0.05, 0) is 54.8 Å². The largest absolute Gasteiger partial charge is 0.504 e. The minimum atomic E-state index is -4.17. The predicted octanol–water partition coefficient (Wildman–Crippen LogP) is 0.632. The molecule has 0 amide bonds. The van der Waals surface area contributed by atoms with Crippen molar-refractivity contribution in [3.05, 3.63) is 47.5 Å². The smallest absolute Gasteiger partial charge is 0.333 e. The third-order valence-electron chi connectivity index (χ3n) is 3.21. The van der Waals surface area contributed by atoms with Crippen LogP contribution in [0.3, 0.4) is 0 Å². The van der Waals surface area contributed by atoms with E-state index >= 15 is 0 Å². The molecule has 0 saturated heterocycles. The molecule has 0 aliphatic rings. The number of nitrogens with two attached hydrogens (primary N) is 1. The second-order valence-corrected chi connectivity index (χ2v) is 6.54. The van der Waals surface area contributed by atoms with E-state index < -0.39 is 10.3 Å². The summed E-state index contributed by atoms with van der Waals surface area (Å²) in [4.78, 5) is 0. The number of aromatic hydroxyl groups is 4. The van der Waals surface area contributed by atoms with Crippen LogP contribution in [0.15, 0.2) is 36.4 Å². The van der Waals surface area contributed by atoms with E-state index in [-0.39, 0.29) is 29.5 Å². The average molecular weight is 386 g/mol. The van der Waals surface area contributed by atoms with Crippen LogP contribution < -0.4 is 10.5 Å². The maximum absolute atomic E-state index is 10.3.